The second-order valence-electron chi connectivity index (χ2n) is 6.11. The molecule has 0 amide bonds. The van der Waals surface area contributed by atoms with E-state index >= 15 is 0 Å². The number of hydrogen-bond donors (Lipinski definition) is 1. The maximum absolute atomic E-state index is 11.0. The summed E-state index contributed by atoms with van der Waals surface area (Å²) in [5.41, 5.74) is 2.02. The zero-order valence-corrected chi connectivity index (χ0v) is 13.6. The summed E-state index contributed by atoms with van der Waals surface area (Å²) in [6.07, 6.45) is 3.19. The van der Waals surface area contributed by atoms with Crippen LogP contribution in [0.3, 0.4) is 0 Å². The van der Waals surface area contributed by atoms with Crippen LogP contribution in [0.25, 0.3) is 0 Å². The number of carboxylic acid groups (broad SMARTS) is 1. The third-order valence-electron chi connectivity index (χ3n) is 4.41. The molecule has 0 saturated carbocycles. The molecule has 0 atom stereocenters. The first-order valence-electron chi connectivity index (χ1n) is 8.28. The van der Waals surface area contributed by atoms with Gasteiger partial charge in [-0.1, -0.05) is 24.3 Å². The van der Waals surface area contributed by atoms with Gasteiger partial charge in [0, 0.05) is 18.3 Å². The van der Waals surface area contributed by atoms with Gasteiger partial charge in [-0.15, -0.1) is 0 Å². The number of benzene rings is 1. The highest BCUT2D eigenvalue weighted by Crippen LogP contribution is 2.24. The molecule has 1 aromatic carbocycles. The second kappa shape index (κ2) is 7.93. The summed E-state index contributed by atoms with van der Waals surface area (Å²) in [6.45, 7) is 2.85. The number of likely N-dealkylation sites (tertiary alicyclic amines) is 1. The van der Waals surface area contributed by atoms with E-state index < -0.39 is 5.97 Å². The van der Waals surface area contributed by atoms with Crippen LogP contribution >= 0.6 is 0 Å². The number of ether oxygens (including phenoxy) is 1. The second-order valence-corrected chi connectivity index (χ2v) is 6.11. The van der Waals surface area contributed by atoms with Crippen LogP contribution in [0.5, 0.6) is 5.75 Å². The molecule has 1 aliphatic rings. The van der Waals surface area contributed by atoms with E-state index in [1.54, 1.807) is 6.20 Å². The standard InChI is InChI=1S/C19H22N2O3/c22-19(23)15-8-11-21(12-9-15)13-16-5-1-2-7-18(16)24-14-17-6-3-4-10-20-17/h1-7,10,15H,8-9,11-14H2,(H,22,23). The van der Waals surface area contributed by atoms with Crippen LogP contribution in [0.15, 0.2) is 48.7 Å². The molecule has 126 valence electrons. The number of para-hydroxylation sites is 1. The molecule has 5 nitrogen and oxygen atoms in total. The average Bonchev–Trinajstić information content (AvgIpc) is 2.62. The minimum absolute atomic E-state index is 0.197. The lowest BCUT2D eigenvalue weighted by molar-refractivity contribution is -0.143. The van der Waals surface area contributed by atoms with E-state index in [2.05, 4.69) is 16.0 Å². The van der Waals surface area contributed by atoms with E-state index in [4.69, 9.17) is 9.84 Å². The lowest BCUT2D eigenvalue weighted by Gasteiger charge is -2.30. The maximum Gasteiger partial charge on any atom is 0.306 e. The van der Waals surface area contributed by atoms with Gasteiger partial charge in [0.25, 0.3) is 0 Å². The van der Waals surface area contributed by atoms with Gasteiger partial charge in [0.05, 0.1) is 11.6 Å². The Morgan fingerprint density at radius 2 is 1.92 bits per heavy atom. The predicted octanol–water partition coefficient (Wildman–Crippen LogP) is 2.96. The minimum atomic E-state index is -0.672. The normalized spacial score (nSPS) is 16.0. The van der Waals surface area contributed by atoms with Crippen molar-refractivity contribution < 1.29 is 14.6 Å². The van der Waals surface area contributed by atoms with Crippen molar-refractivity contribution in [3.05, 3.63) is 59.9 Å². The Hall–Kier alpha value is -2.40. The highest BCUT2D eigenvalue weighted by Gasteiger charge is 2.24. The van der Waals surface area contributed by atoms with Crippen molar-refractivity contribution in [2.45, 2.75) is 26.0 Å². The van der Waals surface area contributed by atoms with Gasteiger partial charge in [-0.2, -0.15) is 0 Å². The van der Waals surface area contributed by atoms with Gasteiger partial charge in [0.2, 0.25) is 0 Å². The number of rotatable bonds is 6. The molecule has 0 bridgehead atoms. The van der Waals surface area contributed by atoms with Crippen molar-refractivity contribution in [1.29, 1.82) is 0 Å². The van der Waals surface area contributed by atoms with Crippen molar-refractivity contribution in [2.24, 2.45) is 5.92 Å². The van der Waals surface area contributed by atoms with Gasteiger partial charge in [-0.05, 0) is 44.1 Å². The number of nitrogens with zero attached hydrogens (tertiary/aromatic N) is 2. The van der Waals surface area contributed by atoms with Crippen molar-refractivity contribution in [3.63, 3.8) is 0 Å². The highest BCUT2D eigenvalue weighted by atomic mass is 16.5. The van der Waals surface area contributed by atoms with E-state index in [9.17, 15) is 4.79 Å². The lowest BCUT2D eigenvalue weighted by atomic mass is 9.97. The quantitative estimate of drug-likeness (QED) is 0.884. The maximum atomic E-state index is 11.0. The fraction of sp³-hybridized carbons (Fsp3) is 0.368. The van der Waals surface area contributed by atoms with Gasteiger partial charge in [0.15, 0.2) is 0 Å². The van der Waals surface area contributed by atoms with Crippen molar-refractivity contribution in [3.8, 4) is 5.75 Å². The molecular formula is C19H22N2O3. The molecule has 1 N–H and O–H groups in total. The molecule has 1 fully saturated rings. The van der Waals surface area contributed by atoms with E-state index in [1.807, 2.05) is 36.4 Å². The number of pyridine rings is 1. The molecule has 1 aliphatic heterocycles. The van der Waals surface area contributed by atoms with Crippen LogP contribution in [-0.2, 0) is 17.9 Å². The number of aromatic nitrogens is 1. The number of carbonyl (C=O) groups is 1. The van der Waals surface area contributed by atoms with E-state index in [-0.39, 0.29) is 5.92 Å². The molecule has 2 aromatic rings. The number of hydrogen-bond acceptors (Lipinski definition) is 4. The van der Waals surface area contributed by atoms with Crippen LogP contribution in [0.1, 0.15) is 24.1 Å². The van der Waals surface area contributed by atoms with Gasteiger partial charge in [-0.3, -0.25) is 14.7 Å². The summed E-state index contributed by atoms with van der Waals surface area (Å²) >= 11 is 0. The van der Waals surface area contributed by atoms with E-state index in [1.165, 1.54) is 0 Å². The van der Waals surface area contributed by atoms with Crippen LogP contribution in [-0.4, -0.2) is 34.0 Å². The molecule has 0 radical (unpaired) electrons. The summed E-state index contributed by atoms with van der Waals surface area (Å²) in [5, 5.41) is 9.09. The summed E-state index contributed by atoms with van der Waals surface area (Å²) in [6, 6.07) is 13.8. The lowest BCUT2D eigenvalue weighted by Crippen LogP contribution is -2.35. The first kappa shape index (κ1) is 16.5. The summed E-state index contributed by atoms with van der Waals surface area (Å²) in [7, 11) is 0. The topological polar surface area (TPSA) is 62.7 Å². The largest absolute Gasteiger partial charge is 0.487 e. The third-order valence-corrected chi connectivity index (χ3v) is 4.41. The number of aliphatic carboxylic acids is 1. The zero-order chi connectivity index (χ0) is 16.8. The molecule has 0 spiro atoms. The van der Waals surface area contributed by atoms with Gasteiger partial charge < -0.3 is 9.84 Å². The molecule has 2 heterocycles. The zero-order valence-electron chi connectivity index (χ0n) is 13.6. The van der Waals surface area contributed by atoms with Gasteiger partial charge >= 0.3 is 5.97 Å². The van der Waals surface area contributed by atoms with Crippen molar-refractivity contribution in [2.75, 3.05) is 13.1 Å². The molecular weight excluding hydrogens is 304 g/mol. The SMILES string of the molecule is O=C(O)C1CCN(Cc2ccccc2OCc2ccccn2)CC1. The minimum Gasteiger partial charge on any atom is -0.487 e. The van der Waals surface area contributed by atoms with Gasteiger partial charge in [0.1, 0.15) is 12.4 Å². The number of carboxylic acids is 1. The molecule has 1 saturated heterocycles. The third kappa shape index (κ3) is 4.32. The Morgan fingerprint density at radius 1 is 1.17 bits per heavy atom. The Balaban J connectivity index is 1.59. The smallest absolute Gasteiger partial charge is 0.306 e. The molecule has 0 unspecified atom stereocenters. The summed E-state index contributed by atoms with van der Waals surface area (Å²) in [5.74, 6) is -0.00541. The van der Waals surface area contributed by atoms with Crippen LogP contribution < -0.4 is 4.74 Å². The van der Waals surface area contributed by atoms with E-state index in [0.717, 1.165) is 36.6 Å². The Kier molecular flexibility index (Phi) is 5.43. The van der Waals surface area contributed by atoms with Crippen LogP contribution in [0, 0.1) is 5.92 Å². The molecule has 0 aliphatic carbocycles. The molecule has 24 heavy (non-hydrogen) atoms. The van der Waals surface area contributed by atoms with Crippen LogP contribution in [0.4, 0.5) is 0 Å². The van der Waals surface area contributed by atoms with Crippen molar-refractivity contribution in [1.82, 2.24) is 9.88 Å². The Morgan fingerprint density at radius 3 is 2.62 bits per heavy atom. The first-order valence-corrected chi connectivity index (χ1v) is 8.28. The fourth-order valence-corrected chi connectivity index (χ4v) is 2.99. The Bertz CT molecular complexity index is 667. The average molecular weight is 326 g/mol. The Labute approximate surface area is 141 Å². The monoisotopic (exact) mass is 326 g/mol. The first-order chi connectivity index (χ1) is 11.7. The predicted molar refractivity (Wildman–Crippen MR) is 90.6 cm³/mol. The number of piperidine rings is 1. The van der Waals surface area contributed by atoms with E-state index in [0.29, 0.717) is 19.4 Å². The summed E-state index contributed by atoms with van der Waals surface area (Å²) < 4.78 is 5.94. The molecule has 3 rings (SSSR count). The summed E-state index contributed by atoms with van der Waals surface area (Å²) in [4.78, 5) is 17.6. The molecule has 1 aromatic heterocycles. The van der Waals surface area contributed by atoms with Gasteiger partial charge in [-0.25, -0.2) is 0 Å². The fourth-order valence-electron chi connectivity index (χ4n) is 2.99. The highest BCUT2D eigenvalue weighted by molar-refractivity contribution is 5.70. The van der Waals surface area contributed by atoms with Crippen LogP contribution in [0.2, 0.25) is 0 Å². The molecule has 5 heteroatoms. The van der Waals surface area contributed by atoms with Crippen molar-refractivity contribution >= 4 is 5.97 Å².